The van der Waals surface area contributed by atoms with E-state index in [0.29, 0.717) is 0 Å². The molecule has 25 heavy (non-hydrogen) atoms. The summed E-state index contributed by atoms with van der Waals surface area (Å²) < 4.78 is 51.5. The van der Waals surface area contributed by atoms with E-state index in [1.807, 2.05) is 0 Å². The largest absolute Gasteiger partial charge is 0.481 e. The van der Waals surface area contributed by atoms with Crippen LogP contribution >= 0.6 is 0 Å². The fourth-order valence-corrected chi connectivity index (χ4v) is 2.22. The van der Waals surface area contributed by atoms with E-state index in [1.165, 1.54) is 18.2 Å². The van der Waals surface area contributed by atoms with Crippen LogP contribution in [0.1, 0.15) is 33.9 Å². The Bertz CT molecular complexity index is 772. The summed E-state index contributed by atoms with van der Waals surface area (Å²) in [6.45, 7) is 0. The molecule has 0 bridgehead atoms. The van der Waals surface area contributed by atoms with Gasteiger partial charge in [-0.2, -0.15) is 13.2 Å². The van der Waals surface area contributed by atoms with Gasteiger partial charge in [-0.05, 0) is 30.3 Å². The van der Waals surface area contributed by atoms with Crippen LogP contribution < -0.4 is 5.32 Å². The van der Waals surface area contributed by atoms with E-state index in [9.17, 15) is 27.2 Å². The van der Waals surface area contributed by atoms with Crippen LogP contribution in [-0.4, -0.2) is 17.0 Å². The molecule has 0 spiro atoms. The van der Waals surface area contributed by atoms with Gasteiger partial charge in [-0.1, -0.05) is 18.2 Å². The summed E-state index contributed by atoms with van der Waals surface area (Å²) >= 11 is 0. The Kier molecular flexibility index (Phi) is 5.41. The number of carbonyl (C=O) groups excluding carboxylic acids is 1. The van der Waals surface area contributed by atoms with Gasteiger partial charge in [-0.3, -0.25) is 9.59 Å². The van der Waals surface area contributed by atoms with Gasteiger partial charge >= 0.3 is 12.1 Å². The summed E-state index contributed by atoms with van der Waals surface area (Å²) in [7, 11) is 0. The van der Waals surface area contributed by atoms with Crippen molar-refractivity contribution in [3.63, 3.8) is 0 Å². The summed E-state index contributed by atoms with van der Waals surface area (Å²) in [5.74, 6) is -2.76. The minimum atomic E-state index is -4.53. The molecular weight excluding hydrogens is 342 g/mol. The van der Waals surface area contributed by atoms with Gasteiger partial charge in [-0.15, -0.1) is 0 Å². The van der Waals surface area contributed by atoms with E-state index in [1.54, 1.807) is 0 Å². The number of hydrogen-bond donors (Lipinski definition) is 2. The molecule has 2 N–H and O–H groups in total. The minimum Gasteiger partial charge on any atom is -0.481 e. The molecule has 0 aliphatic heterocycles. The van der Waals surface area contributed by atoms with Crippen molar-refractivity contribution in [3.8, 4) is 0 Å². The number of amides is 1. The molecular formula is C17H13F4NO3. The fourth-order valence-electron chi connectivity index (χ4n) is 2.22. The van der Waals surface area contributed by atoms with Crippen LogP contribution in [0.15, 0.2) is 48.5 Å². The van der Waals surface area contributed by atoms with E-state index < -0.39 is 41.9 Å². The fraction of sp³-hybridized carbons (Fsp3) is 0.176. The standard InChI is InChI=1S/C17H13F4NO3/c18-13-4-2-1-3-12(13)14(9-15(23)24)22-16(25)10-5-7-11(8-6-10)17(19,20)21/h1-8,14H,9H2,(H,22,25)(H,23,24). The molecule has 1 amide bonds. The van der Waals surface area contributed by atoms with Crippen molar-refractivity contribution in [2.24, 2.45) is 0 Å². The summed E-state index contributed by atoms with van der Waals surface area (Å²) in [4.78, 5) is 23.1. The number of halogens is 4. The maximum Gasteiger partial charge on any atom is 0.416 e. The highest BCUT2D eigenvalue weighted by molar-refractivity contribution is 5.94. The molecule has 4 nitrogen and oxygen atoms in total. The van der Waals surface area contributed by atoms with Crippen LogP contribution in [0.25, 0.3) is 0 Å². The molecule has 0 radical (unpaired) electrons. The Morgan fingerprint density at radius 1 is 1.04 bits per heavy atom. The zero-order valence-corrected chi connectivity index (χ0v) is 12.7. The van der Waals surface area contributed by atoms with Gasteiger partial charge in [0.2, 0.25) is 0 Å². The second-order valence-corrected chi connectivity index (χ2v) is 5.22. The molecule has 0 heterocycles. The second kappa shape index (κ2) is 7.33. The van der Waals surface area contributed by atoms with Crippen LogP contribution in [-0.2, 0) is 11.0 Å². The molecule has 0 aromatic heterocycles. The Hall–Kier alpha value is -2.90. The van der Waals surface area contributed by atoms with Gasteiger partial charge in [0.1, 0.15) is 5.82 Å². The van der Waals surface area contributed by atoms with Crippen molar-refractivity contribution in [2.45, 2.75) is 18.6 Å². The van der Waals surface area contributed by atoms with E-state index in [4.69, 9.17) is 5.11 Å². The molecule has 2 aromatic rings. The first-order chi connectivity index (χ1) is 11.7. The minimum absolute atomic E-state index is 0.0230. The van der Waals surface area contributed by atoms with E-state index in [0.717, 1.165) is 30.3 Å². The Labute approximate surface area is 140 Å². The normalized spacial score (nSPS) is 12.5. The highest BCUT2D eigenvalue weighted by atomic mass is 19.4. The number of benzene rings is 2. The summed E-state index contributed by atoms with van der Waals surface area (Å²) in [5, 5.41) is 11.3. The van der Waals surface area contributed by atoms with Crippen LogP contribution in [0.2, 0.25) is 0 Å². The van der Waals surface area contributed by atoms with Crippen molar-refractivity contribution >= 4 is 11.9 Å². The summed E-state index contributed by atoms with van der Waals surface area (Å²) in [6.07, 6.45) is -5.11. The van der Waals surface area contributed by atoms with Crippen molar-refractivity contribution in [3.05, 3.63) is 71.0 Å². The molecule has 2 rings (SSSR count). The smallest absolute Gasteiger partial charge is 0.416 e. The molecule has 0 aliphatic rings. The van der Waals surface area contributed by atoms with Crippen molar-refractivity contribution in [1.82, 2.24) is 5.32 Å². The molecule has 8 heteroatoms. The highest BCUT2D eigenvalue weighted by Crippen LogP contribution is 2.29. The molecule has 0 saturated carbocycles. The Balaban J connectivity index is 2.22. The lowest BCUT2D eigenvalue weighted by atomic mass is 10.0. The lowest BCUT2D eigenvalue weighted by molar-refractivity contribution is -0.138. The SMILES string of the molecule is O=C(O)CC(NC(=O)c1ccc(C(F)(F)F)cc1)c1ccccc1F. The zero-order valence-electron chi connectivity index (χ0n) is 12.7. The lowest BCUT2D eigenvalue weighted by Gasteiger charge is -2.18. The number of aliphatic carboxylic acids is 1. The van der Waals surface area contributed by atoms with Gasteiger partial charge in [0, 0.05) is 11.1 Å². The first kappa shape index (κ1) is 18.4. The average Bonchev–Trinajstić information content (AvgIpc) is 2.53. The Morgan fingerprint density at radius 3 is 2.16 bits per heavy atom. The van der Waals surface area contributed by atoms with Crippen molar-refractivity contribution in [2.75, 3.05) is 0 Å². The first-order valence-electron chi connectivity index (χ1n) is 7.13. The topological polar surface area (TPSA) is 66.4 Å². The molecule has 0 saturated heterocycles. The monoisotopic (exact) mass is 355 g/mol. The quantitative estimate of drug-likeness (QED) is 0.802. The number of nitrogens with one attached hydrogen (secondary N) is 1. The van der Waals surface area contributed by atoms with Crippen LogP contribution in [0.5, 0.6) is 0 Å². The van der Waals surface area contributed by atoms with Crippen molar-refractivity contribution < 1.29 is 32.3 Å². The molecule has 1 atom stereocenters. The predicted octanol–water partition coefficient (Wildman–Crippen LogP) is 3.79. The number of rotatable bonds is 5. The highest BCUT2D eigenvalue weighted by Gasteiger charge is 2.30. The summed E-state index contributed by atoms with van der Waals surface area (Å²) in [6, 6.07) is 7.60. The van der Waals surface area contributed by atoms with E-state index >= 15 is 0 Å². The van der Waals surface area contributed by atoms with E-state index in [-0.39, 0.29) is 11.1 Å². The molecule has 0 fully saturated rings. The van der Waals surface area contributed by atoms with Crippen LogP contribution in [0.4, 0.5) is 17.6 Å². The third-order valence-corrected chi connectivity index (χ3v) is 3.44. The van der Waals surface area contributed by atoms with Gasteiger partial charge < -0.3 is 10.4 Å². The third-order valence-electron chi connectivity index (χ3n) is 3.44. The van der Waals surface area contributed by atoms with Gasteiger partial charge in [0.25, 0.3) is 5.91 Å². The number of hydrogen-bond acceptors (Lipinski definition) is 2. The molecule has 0 aliphatic carbocycles. The second-order valence-electron chi connectivity index (χ2n) is 5.22. The summed E-state index contributed by atoms with van der Waals surface area (Å²) in [5.41, 5.74) is -1.04. The van der Waals surface area contributed by atoms with Crippen LogP contribution in [0.3, 0.4) is 0 Å². The maximum absolute atomic E-state index is 13.9. The first-order valence-corrected chi connectivity index (χ1v) is 7.13. The Morgan fingerprint density at radius 2 is 1.64 bits per heavy atom. The lowest BCUT2D eigenvalue weighted by Crippen LogP contribution is -2.30. The van der Waals surface area contributed by atoms with Gasteiger partial charge in [-0.25, -0.2) is 4.39 Å². The number of carbonyl (C=O) groups is 2. The zero-order chi connectivity index (χ0) is 18.6. The average molecular weight is 355 g/mol. The molecule has 2 aromatic carbocycles. The van der Waals surface area contributed by atoms with Gasteiger partial charge in [0.15, 0.2) is 0 Å². The van der Waals surface area contributed by atoms with Crippen molar-refractivity contribution in [1.29, 1.82) is 0 Å². The number of carboxylic acid groups (broad SMARTS) is 1. The molecule has 1 unspecified atom stereocenters. The van der Waals surface area contributed by atoms with Gasteiger partial charge in [0.05, 0.1) is 18.0 Å². The third kappa shape index (κ3) is 4.79. The van der Waals surface area contributed by atoms with Crippen LogP contribution in [0, 0.1) is 5.82 Å². The number of alkyl halides is 3. The number of carboxylic acids is 1. The maximum atomic E-state index is 13.9. The van der Waals surface area contributed by atoms with E-state index in [2.05, 4.69) is 5.32 Å². The predicted molar refractivity (Wildman–Crippen MR) is 80.3 cm³/mol. The molecule has 132 valence electrons.